The van der Waals surface area contributed by atoms with Crippen LogP contribution in [-0.2, 0) is 11.2 Å². The number of hydrogen-bond acceptors (Lipinski definition) is 5. The molecule has 1 saturated heterocycles. The first kappa shape index (κ1) is 15.8. The fourth-order valence-corrected chi connectivity index (χ4v) is 3.66. The Bertz CT molecular complexity index is 894. The molecule has 1 aliphatic heterocycles. The average molecular weight is 339 g/mol. The number of carbonyl (C=O) groups excluding carboxylic acids is 1. The van der Waals surface area contributed by atoms with Crippen molar-refractivity contribution < 1.29 is 9.32 Å². The largest absolute Gasteiger partial charge is 0.361 e. The highest BCUT2D eigenvalue weighted by Crippen LogP contribution is 2.32. The molecule has 0 aromatic carbocycles. The Hall–Kier alpha value is -2.70. The van der Waals surface area contributed by atoms with Crippen LogP contribution in [0.3, 0.4) is 0 Å². The Kier molecular flexibility index (Phi) is 3.99. The van der Waals surface area contributed by atoms with E-state index >= 15 is 0 Å². The van der Waals surface area contributed by atoms with E-state index in [0.29, 0.717) is 12.8 Å². The number of amides is 1. The summed E-state index contributed by atoms with van der Waals surface area (Å²) in [7, 11) is 0. The zero-order valence-corrected chi connectivity index (χ0v) is 14.5. The number of carbonyl (C=O) groups is 1. The molecular weight excluding hydrogens is 318 g/mol. The summed E-state index contributed by atoms with van der Waals surface area (Å²) in [5.41, 5.74) is 2.72. The maximum Gasteiger partial charge on any atom is 0.223 e. The topological polar surface area (TPSA) is 76.5 Å². The van der Waals surface area contributed by atoms with Gasteiger partial charge in [0.25, 0.3) is 0 Å². The number of fused-ring (bicyclic) bond motifs is 1. The summed E-state index contributed by atoms with van der Waals surface area (Å²) >= 11 is 0. The van der Waals surface area contributed by atoms with Gasteiger partial charge >= 0.3 is 0 Å². The van der Waals surface area contributed by atoms with Crippen molar-refractivity contribution in [2.75, 3.05) is 6.54 Å². The van der Waals surface area contributed by atoms with Crippen molar-refractivity contribution in [3.63, 3.8) is 0 Å². The molecule has 25 heavy (non-hydrogen) atoms. The van der Waals surface area contributed by atoms with E-state index in [1.807, 2.05) is 47.5 Å². The van der Waals surface area contributed by atoms with Gasteiger partial charge in [0.1, 0.15) is 5.76 Å². The van der Waals surface area contributed by atoms with E-state index in [0.717, 1.165) is 47.9 Å². The number of likely N-dealkylation sites (tertiary alicyclic amines) is 1. The third kappa shape index (κ3) is 2.79. The van der Waals surface area contributed by atoms with E-state index in [4.69, 9.17) is 4.52 Å². The smallest absolute Gasteiger partial charge is 0.223 e. The van der Waals surface area contributed by atoms with Gasteiger partial charge in [-0.15, -0.1) is 10.2 Å². The second kappa shape index (κ2) is 6.31. The molecule has 1 fully saturated rings. The minimum atomic E-state index is -0.00503. The fourth-order valence-electron chi connectivity index (χ4n) is 3.66. The van der Waals surface area contributed by atoms with Gasteiger partial charge in [-0.05, 0) is 45.2 Å². The monoisotopic (exact) mass is 339 g/mol. The molecule has 130 valence electrons. The maximum absolute atomic E-state index is 12.8. The molecule has 7 nitrogen and oxygen atoms in total. The lowest BCUT2D eigenvalue weighted by atomic mass is 10.1. The Morgan fingerprint density at radius 1 is 1.32 bits per heavy atom. The van der Waals surface area contributed by atoms with Crippen molar-refractivity contribution >= 4 is 11.6 Å². The first-order valence-electron chi connectivity index (χ1n) is 8.66. The minimum absolute atomic E-state index is 0.00503. The summed E-state index contributed by atoms with van der Waals surface area (Å²) in [5, 5.41) is 12.5. The van der Waals surface area contributed by atoms with Crippen molar-refractivity contribution in [1.29, 1.82) is 0 Å². The van der Waals surface area contributed by atoms with Gasteiger partial charge in [0.15, 0.2) is 11.5 Å². The molecule has 0 saturated carbocycles. The van der Waals surface area contributed by atoms with E-state index in [9.17, 15) is 4.79 Å². The zero-order valence-electron chi connectivity index (χ0n) is 14.5. The van der Waals surface area contributed by atoms with E-state index in [1.165, 1.54) is 0 Å². The molecule has 3 aromatic rings. The van der Waals surface area contributed by atoms with Gasteiger partial charge in [0.2, 0.25) is 5.91 Å². The molecule has 4 heterocycles. The lowest BCUT2D eigenvalue weighted by Gasteiger charge is -2.23. The normalized spacial score (nSPS) is 17.5. The predicted octanol–water partition coefficient (Wildman–Crippen LogP) is 2.63. The SMILES string of the molecule is Cc1noc(C)c1CCC(=O)N1CCCC1c1nnc2ccccn12. The summed E-state index contributed by atoms with van der Waals surface area (Å²) in [6.45, 7) is 4.57. The molecule has 1 aliphatic rings. The van der Waals surface area contributed by atoms with Crippen LogP contribution in [0.25, 0.3) is 5.65 Å². The molecule has 0 spiro atoms. The molecule has 3 aromatic heterocycles. The van der Waals surface area contributed by atoms with Gasteiger partial charge in [-0.1, -0.05) is 11.2 Å². The number of pyridine rings is 1. The number of rotatable bonds is 4. The molecule has 1 atom stereocenters. The van der Waals surface area contributed by atoms with Crippen LogP contribution in [0, 0.1) is 13.8 Å². The van der Waals surface area contributed by atoms with Crippen molar-refractivity contribution in [2.45, 2.75) is 45.6 Å². The van der Waals surface area contributed by atoms with Crippen molar-refractivity contribution in [3.05, 3.63) is 47.2 Å². The fraction of sp³-hybridized carbons (Fsp3) is 0.444. The second-order valence-electron chi connectivity index (χ2n) is 6.53. The first-order chi connectivity index (χ1) is 12.1. The summed E-state index contributed by atoms with van der Waals surface area (Å²) < 4.78 is 7.16. The van der Waals surface area contributed by atoms with Crippen LogP contribution in [0.4, 0.5) is 0 Å². The van der Waals surface area contributed by atoms with Crippen molar-refractivity contribution in [2.24, 2.45) is 0 Å². The quantitative estimate of drug-likeness (QED) is 0.730. The van der Waals surface area contributed by atoms with Crippen LogP contribution in [0.1, 0.15) is 48.1 Å². The number of hydrogen-bond donors (Lipinski definition) is 0. The van der Waals surface area contributed by atoms with Gasteiger partial charge < -0.3 is 9.42 Å². The van der Waals surface area contributed by atoms with Crippen LogP contribution in [0.5, 0.6) is 0 Å². The van der Waals surface area contributed by atoms with Crippen molar-refractivity contribution in [3.8, 4) is 0 Å². The molecular formula is C18H21N5O2. The van der Waals surface area contributed by atoms with E-state index < -0.39 is 0 Å². The highest BCUT2D eigenvalue weighted by atomic mass is 16.5. The van der Waals surface area contributed by atoms with Crippen LogP contribution in [0.2, 0.25) is 0 Å². The summed E-state index contributed by atoms with van der Waals surface area (Å²) in [6.07, 6.45) is 4.98. The third-order valence-corrected chi connectivity index (χ3v) is 4.98. The standard InChI is InChI=1S/C18H21N5O2/c1-12-14(13(2)25-21-12)8-9-17(24)22-11-5-6-15(22)18-20-19-16-7-3-4-10-23(16)18/h3-4,7,10,15H,5-6,8-9,11H2,1-2H3. The first-order valence-corrected chi connectivity index (χ1v) is 8.66. The third-order valence-electron chi connectivity index (χ3n) is 4.98. The second-order valence-corrected chi connectivity index (χ2v) is 6.53. The van der Waals surface area contributed by atoms with Gasteiger partial charge in [-0.25, -0.2) is 0 Å². The van der Waals surface area contributed by atoms with Gasteiger partial charge in [0, 0.05) is 24.7 Å². The Morgan fingerprint density at radius 3 is 3.00 bits per heavy atom. The van der Waals surface area contributed by atoms with Crippen LogP contribution >= 0.6 is 0 Å². The zero-order chi connectivity index (χ0) is 17.4. The molecule has 0 radical (unpaired) electrons. The molecule has 4 rings (SSSR count). The molecule has 0 aliphatic carbocycles. The maximum atomic E-state index is 12.8. The number of aryl methyl sites for hydroxylation is 2. The Balaban J connectivity index is 1.52. The van der Waals surface area contributed by atoms with E-state index in [2.05, 4.69) is 15.4 Å². The highest BCUT2D eigenvalue weighted by molar-refractivity contribution is 5.77. The highest BCUT2D eigenvalue weighted by Gasteiger charge is 2.33. The lowest BCUT2D eigenvalue weighted by molar-refractivity contribution is -0.132. The van der Waals surface area contributed by atoms with Gasteiger partial charge in [0.05, 0.1) is 11.7 Å². The number of aromatic nitrogens is 4. The summed E-state index contributed by atoms with van der Waals surface area (Å²) in [4.78, 5) is 14.8. The molecule has 7 heteroatoms. The molecule has 1 amide bonds. The average Bonchev–Trinajstić information content (AvgIpc) is 3.32. The predicted molar refractivity (Wildman–Crippen MR) is 91.0 cm³/mol. The Labute approximate surface area is 145 Å². The lowest BCUT2D eigenvalue weighted by Crippen LogP contribution is -2.31. The molecule has 0 bridgehead atoms. The van der Waals surface area contributed by atoms with Crippen LogP contribution in [0.15, 0.2) is 28.9 Å². The van der Waals surface area contributed by atoms with E-state index in [1.54, 1.807) is 0 Å². The van der Waals surface area contributed by atoms with Gasteiger partial charge in [-0.2, -0.15) is 0 Å². The van der Waals surface area contributed by atoms with Crippen molar-refractivity contribution in [1.82, 2.24) is 24.7 Å². The summed E-state index contributed by atoms with van der Waals surface area (Å²) in [6, 6.07) is 5.82. The van der Waals surface area contributed by atoms with Crippen LogP contribution < -0.4 is 0 Å². The van der Waals surface area contributed by atoms with Crippen LogP contribution in [-0.4, -0.2) is 37.1 Å². The molecule has 1 unspecified atom stereocenters. The minimum Gasteiger partial charge on any atom is -0.361 e. The molecule has 0 N–H and O–H groups in total. The van der Waals surface area contributed by atoms with Gasteiger partial charge in [-0.3, -0.25) is 9.20 Å². The van der Waals surface area contributed by atoms with E-state index in [-0.39, 0.29) is 11.9 Å². The number of nitrogens with zero attached hydrogens (tertiary/aromatic N) is 5. The summed E-state index contributed by atoms with van der Waals surface area (Å²) in [5.74, 6) is 1.79. The Morgan fingerprint density at radius 2 is 2.20 bits per heavy atom.